The summed E-state index contributed by atoms with van der Waals surface area (Å²) in [6.07, 6.45) is 1.03. The summed E-state index contributed by atoms with van der Waals surface area (Å²) in [5, 5.41) is 2.77. The lowest BCUT2D eigenvalue weighted by Crippen LogP contribution is -2.52. The van der Waals surface area contributed by atoms with Crippen LogP contribution in [0.5, 0.6) is 0 Å². The second-order valence-corrected chi connectivity index (χ2v) is 10.9. The number of nitrogens with one attached hydrogen (secondary N) is 1. The Kier molecular flexibility index (Phi) is 9.02. The van der Waals surface area contributed by atoms with E-state index in [4.69, 9.17) is 0 Å². The van der Waals surface area contributed by atoms with E-state index in [-0.39, 0.29) is 18.5 Å². The zero-order chi connectivity index (χ0) is 24.1. The van der Waals surface area contributed by atoms with Crippen molar-refractivity contribution in [2.45, 2.75) is 39.4 Å². The van der Waals surface area contributed by atoms with Gasteiger partial charge in [0, 0.05) is 16.2 Å². The number of benzene rings is 2. The van der Waals surface area contributed by atoms with Crippen molar-refractivity contribution in [1.29, 1.82) is 0 Å². The average molecular weight is 575 g/mol. The molecule has 174 valence electrons. The largest absolute Gasteiger partial charge is 0.352 e. The van der Waals surface area contributed by atoms with Crippen molar-refractivity contribution in [2.75, 3.05) is 17.1 Å². The Balaban J connectivity index is 2.36. The summed E-state index contributed by atoms with van der Waals surface area (Å²) in [5.74, 6) is -1.33. The van der Waals surface area contributed by atoms with Gasteiger partial charge in [-0.1, -0.05) is 12.1 Å². The number of hydrogen-bond acceptors (Lipinski definition) is 4. The fraction of sp³-hybridized carbons (Fsp3) is 0.364. The average Bonchev–Trinajstić information content (AvgIpc) is 2.70. The van der Waals surface area contributed by atoms with Crippen LogP contribution in [-0.2, 0) is 26.2 Å². The zero-order valence-electron chi connectivity index (χ0n) is 18.4. The van der Waals surface area contributed by atoms with Crippen LogP contribution < -0.4 is 9.62 Å². The number of carbonyl (C=O) groups excluding carboxylic acids is 2. The first-order chi connectivity index (χ1) is 14.9. The number of amides is 2. The van der Waals surface area contributed by atoms with Crippen LogP contribution in [0.3, 0.4) is 0 Å². The van der Waals surface area contributed by atoms with Gasteiger partial charge in [0.1, 0.15) is 18.4 Å². The van der Waals surface area contributed by atoms with Crippen LogP contribution in [0, 0.1) is 9.39 Å². The molecule has 0 saturated carbocycles. The van der Waals surface area contributed by atoms with Crippen LogP contribution >= 0.6 is 22.6 Å². The first-order valence-electron chi connectivity index (χ1n) is 9.96. The van der Waals surface area contributed by atoms with Gasteiger partial charge in [-0.05, 0) is 85.3 Å². The fourth-order valence-corrected chi connectivity index (χ4v) is 4.20. The molecule has 0 heterocycles. The van der Waals surface area contributed by atoms with E-state index < -0.39 is 34.3 Å². The Morgan fingerprint density at radius 1 is 1.03 bits per heavy atom. The Morgan fingerprint density at radius 3 is 2.09 bits per heavy atom. The zero-order valence-corrected chi connectivity index (χ0v) is 21.4. The van der Waals surface area contributed by atoms with Crippen molar-refractivity contribution < 1.29 is 22.4 Å². The molecule has 32 heavy (non-hydrogen) atoms. The van der Waals surface area contributed by atoms with Crippen LogP contribution in [0.25, 0.3) is 0 Å². The topological polar surface area (TPSA) is 86.8 Å². The Labute approximate surface area is 202 Å². The molecular weight excluding hydrogens is 548 g/mol. The normalized spacial score (nSPS) is 12.3. The van der Waals surface area contributed by atoms with Crippen LogP contribution in [0.15, 0.2) is 48.5 Å². The Morgan fingerprint density at radius 2 is 1.59 bits per heavy atom. The van der Waals surface area contributed by atoms with E-state index in [1.54, 1.807) is 45.0 Å². The fourth-order valence-electron chi connectivity index (χ4n) is 3.00. The second-order valence-electron chi connectivity index (χ2n) is 7.73. The molecule has 0 aliphatic rings. The number of nitrogens with zero attached hydrogens (tertiary/aromatic N) is 2. The SMILES string of the molecule is CC(C)NC(=O)[C@@H](C)N(Cc1ccc(F)cc1)C(=O)CN(c1ccc(I)cc1)S(C)(=O)=O. The van der Waals surface area contributed by atoms with Gasteiger partial charge in [-0.25, -0.2) is 12.8 Å². The lowest BCUT2D eigenvalue weighted by atomic mass is 10.1. The minimum absolute atomic E-state index is 0.0239. The first kappa shape index (κ1) is 26.0. The van der Waals surface area contributed by atoms with Gasteiger partial charge in [0.25, 0.3) is 0 Å². The minimum atomic E-state index is -3.77. The summed E-state index contributed by atoms with van der Waals surface area (Å²) in [7, 11) is -3.77. The minimum Gasteiger partial charge on any atom is -0.352 e. The molecule has 2 rings (SSSR count). The molecule has 2 aromatic carbocycles. The molecule has 2 amide bonds. The number of halogens is 2. The van der Waals surface area contributed by atoms with Crippen molar-refractivity contribution in [3.05, 3.63) is 63.5 Å². The summed E-state index contributed by atoms with van der Waals surface area (Å²) in [4.78, 5) is 27.2. The monoisotopic (exact) mass is 575 g/mol. The van der Waals surface area contributed by atoms with E-state index in [0.29, 0.717) is 11.3 Å². The smallest absolute Gasteiger partial charge is 0.244 e. The van der Waals surface area contributed by atoms with Crippen LogP contribution in [0.1, 0.15) is 26.3 Å². The van der Waals surface area contributed by atoms with Gasteiger partial charge >= 0.3 is 0 Å². The maximum Gasteiger partial charge on any atom is 0.244 e. The van der Waals surface area contributed by atoms with Crippen molar-refractivity contribution >= 4 is 50.1 Å². The van der Waals surface area contributed by atoms with Gasteiger partial charge in [-0.15, -0.1) is 0 Å². The number of sulfonamides is 1. The lowest BCUT2D eigenvalue weighted by molar-refractivity contribution is -0.139. The molecule has 0 saturated heterocycles. The van der Waals surface area contributed by atoms with Crippen molar-refractivity contribution in [3.8, 4) is 0 Å². The predicted octanol–water partition coefficient (Wildman–Crippen LogP) is 3.14. The molecule has 0 radical (unpaired) electrons. The maximum absolute atomic E-state index is 13.3. The van der Waals surface area contributed by atoms with Gasteiger partial charge in [0.15, 0.2) is 0 Å². The Bertz CT molecular complexity index is 1040. The molecular formula is C22H27FIN3O4S. The maximum atomic E-state index is 13.3. The molecule has 0 aliphatic carbocycles. The second kappa shape index (κ2) is 11.1. The third-order valence-corrected chi connectivity index (χ3v) is 6.52. The molecule has 0 aliphatic heterocycles. The van der Waals surface area contributed by atoms with Crippen molar-refractivity contribution in [3.63, 3.8) is 0 Å². The van der Waals surface area contributed by atoms with E-state index >= 15 is 0 Å². The highest BCUT2D eigenvalue weighted by molar-refractivity contribution is 14.1. The third kappa shape index (κ3) is 7.44. The highest BCUT2D eigenvalue weighted by atomic mass is 127. The summed E-state index contributed by atoms with van der Waals surface area (Å²) in [6.45, 7) is 4.74. The molecule has 0 fully saturated rings. The van der Waals surface area contributed by atoms with Crippen LogP contribution in [-0.4, -0.2) is 50.0 Å². The van der Waals surface area contributed by atoms with Crippen molar-refractivity contribution in [1.82, 2.24) is 10.2 Å². The quantitative estimate of drug-likeness (QED) is 0.466. The van der Waals surface area contributed by atoms with E-state index in [1.165, 1.54) is 29.2 Å². The number of hydrogen-bond donors (Lipinski definition) is 1. The first-order valence-corrected chi connectivity index (χ1v) is 12.9. The standard InChI is InChI=1S/C22H27FIN3O4S/c1-15(2)25-22(29)16(3)26(13-17-5-7-18(23)8-6-17)21(28)14-27(32(4,30)31)20-11-9-19(24)10-12-20/h5-12,15-16H,13-14H2,1-4H3,(H,25,29)/t16-/m1/s1. The summed E-state index contributed by atoms with van der Waals surface area (Å²) in [6, 6.07) is 11.3. The van der Waals surface area contributed by atoms with Crippen LogP contribution in [0.2, 0.25) is 0 Å². The molecule has 0 unspecified atom stereocenters. The Hall–Kier alpha value is -2.21. The molecule has 10 heteroatoms. The molecule has 1 N–H and O–H groups in total. The lowest BCUT2D eigenvalue weighted by Gasteiger charge is -2.31. The molecule has 2 aromatic rings. The van der Waals surface area contributed by atoms with E-state index in [1.807, 2.05) is 0 Å². The van der Waals surface area contributed by atoms with Gasteiger partial charge in [0.2, 0.25) is 21.8 Å². The van der Waals surface area contributed by atoms with Gasteiger partial charge in [-0.3, -0.25) is 13.9 Å². The number of anilines is 1. The molecule has 1 atom stereocenters. The highest BCUT2D eigenvalue weighted by Gasteiger charge is 2.30. The van der Waals surface area contributed by atoms with E-state index in [2.05, 4.69) is 27.9 Å². The molecule has 0 spiro atoms. The molecule has 7 nitrogen and oxygen atoms in total. The van der Waals surface area contributed by atoms with Gasteiger partial charge in [0.05, 0.1) is 11.9 Å². The number of carbonyl (C=O) groups is 2. The van der Waals surface area contributed by atoms with Gasteiger partial charge < -0.3 is 10.2 Å². The summed E-state index contributed by atoms with van der Waals surface area (Å²) >= 11 is 2.10. The predicted molar refractivity (Wildman–Crippen MR) is 131 cm³/mol. The van der Waals surface area contributed by atoms with Crippen molar-refractivity contribution in [2.24, 2.45) is 0 Å². The summed E-state index contributed by atoms with van der Waals surface area (Å²) in [5.41, 5.74) is 0.964. The highest BCUT2D eigenvalue weighted by Crippen LogP contribution is 2.20. The summed E-state index contributed by atoms with van der Waals surface area (Å²) < 4.78 is 40.1. The van der Waals surface area contributed by atoms with E-state index in [0.717, 1.165) is 14.1 Å². The number of rotatable bonds is 9. The van der Waals surface area contributed by atoms with Crippen LogP contribution in [0.4, 0.5) is 10.1 Å². The molecule has 0 aromatic heterocycles. The van der Waals surface area contributed by atoms with E-state index in [9.17, 15) is 22.4 Å². The third-order valence-electron chi connectivity index (χ3n) is 4.66. The van der Waals surface area contributed by atoms with Gasteiger partial charge in [-0.2, -0.15) is 0 Å². The molecule has 0 bridgehead atoms.